The Morgan fingerprint density at radius 1 is 1.47 bits per heavy atom. The van der Waals surface area contributed by atoms with Gasteiger partial charge in [0, 0.05) is 19.5 Å². The van der Waals surface area contributed by atoms with Gasteiger partial charge in [0.2, 0.25) is 11.8 Å². The molecule has 2 amide bonds. The highest BCUT2D eigenvalue weighted by Gasteiger charge is 2.13. The van der Waals surface area contributed by atoms with Crippen LogP contribution in [0.3, 0.4) is 0 Å². The first-order chi connectivity index (χ1) is 7.02. The van der Waals surface area contributed by atoms with Crippen molar-refractivity contribution in [2.45, 2.75) is 20.3 Å². The second-order valence-corrected chi connectivity index (χ2v) is 3.60. The van der Waals surface area contributed by atoms with Crippen molar-refractivity contribution in [3.05, 3.63) is 0 Å². The smallest absolute Gasteiger partial charge is 0.241 e. The fourth-order valence-corrected chi connectivity index (χ4v) is 1.03. The van der Waals surface area contributed by atoms with E-state index in [0.29, 0.717) is 19.5 Å². The number of rotatable bonds is 6. The summed E-state index contributed by atoms with van der Waals surface area (Å²) >= 11 is 0. The molecule has 0 aromatic rings. The van der Waals surface area contributed by atoms with Gasteiger partial charge in [0.1, 0.15) is 0 Å². The zero-order valence-corrected chi connectivity index (χ0v) is 9.75. The summed E-state index contributed by atoms with van der Waals surface area (Å²) in [4.78, 5) is 24.3. The topological polar surface area (TPSA) is 75.4 Å². The van der Waals surface area contributed by atoms with E-state index in [4.69, 9.17) is 5.73 Å². The number of carbonyl (C=O) groups excluding carboxylic acids is 2. The molecule has 0 heterocycles. The molecule has 0 saturated carbocycles. The van der Waals surface area contributed by atoms with Crippen LogP contribution >= 0.6 is 0 Å². The molecule has 0 radical (unpaired) electrons. The number of carbonyl (C=O) groups is 2. The quantitative estimate of drug-likeness (QED) is 0.631. The molecule has 1 unspecified atom stereocenters. The maximum Gasteiger partial charge on any atom is 0.241 e. The third-order valence-electron chi connectivity index (χ3n) is 2.36. The fraction of sp³-hybridized carbons (Fsp3) is 0.800. The second-order valence-electron chi connectivity index (χ2n) is 3.60. The van der Waals surface area contributed by atoms with Gasteiger partial charge in [0.05, 0.1) is 6.54 Å². The van der Waals surface area contributed by atoms with Gasteiger partial charge in [-0.15, -0.1) is 0 Å². The van der Waals surface area contributed by atoms with Crippen molar-refractivity contribution in [2.75, 3.05) is 26.7 Å². The van der Waals surface area contributed by atoms with Crippen molar-refractivity contribution in [1.29, 1.82) is 0 Å². The lowest BCUT2D eigenvalue weighted by atomic mass is 10.1. The number of nitrogens with one attached hydrogen (secondary N) is 1. The van der Waals surface area contributed by atoms with Crippen molar-refractivity contribution in [3.63, 3.8) is 0 Å². The predicted octanol–water partition coefficient (Wildman–Crippen LogP) is -0.434. The predicted molar refractivity (Wildman–Crippen MR) is 59.2 cm³/mol. The second kappa shape index (κ2) is 7.23. The monoisotopic (exact) mass is 215 g/mol. The normalized spacial score (nSPS) is 12.0. The molecule has 5 heteroatoms. The van der Waals surface area contributed by atoms with Crippen LogP contribution < -0.4 is 11.1 Å². The van der Waals surface area contributed by atoms with Crippen LogP contribution in [-0.4, -0.2) is 43.4 Å². The Kier molecular flexibility index (Phi) is 6.70. The van der Waals surface area contributed by atoms with Gasteiger partial charge in [-0.2, -0.15) is 0 Å². The van der Waals surface area contributed by atoms with Crippen molar-refractivity contribution < 1.29 is 9.59 Å². The Bertz CT molecular complexity index is 219. The summed E-state index contributed by atoms with van der Waals surface area (Å²) in [7, 11) is 1.71. The molecular formula is C10H21N3O2. The van der Waals surface area contributed by atoms with Crippen LogP contribution in [0.2, 0.25) is 0 Å². The van der Waals surface area contributed by atoms with Crippen LogP contribution in [0, 0.1) is 5.92 Å². The molecule has 0 aliphatic heterocycles. The van der Waals surface area contributed by atoms with Gasteiger partial charge in [-0.1, -0.05) is 6.92 Å². The van der Waals surface area contributed by atoms with Crippen LogP contribution in [0.5, 0.6) is 0 Å². The summed E-state index contributed by atoms with van der Waals surface area (Å²) in [5, 5.41) is 2.60. The van der Waals surface area contributed by atoms with E-state index in [1.54, 1.807) is 18.9 Å². The Balaban J connectivity index is 3.85. The van der Waals surface area contributed by atoms with Crippen LogP contribution in [0.25, 0.3) is 0 Å². The Morgan fingerprint density at radius 3 is 2.53 bits per heavy atom. The third-order valence-corrected chi connectivity index (χ3v) is 2.36. The van der Waals surface area contributed by atoms with E-state index in [1.807, 2.05) is 6.92 Å². The molecular weight excluding hydrogens is 194 g/mol. The zero-order chi connectivity index (χ0) is 11.8. The van der Waals surface area contributed by atoms with Crippen molar-refractivity contribution in [2.24, 2.45) is 11.7 Å². The van der Waals surface area contributed by atoms with Gasteiger partial charge in [0.25, 0.3) is 0 Å². The molecule has 15 heavy (non-hydrogen) atoms. The summed E-state index contributed by atoms with van der Waals surface area (Å²) in [6, 6.07) is 0. The minimum Gasteiger partial charge on any atom is -0.347 e. The van der Waals surface area contributed by atoms with E-state index in [-0.39, 0.29) is 24.3 Å². The average molecular weight is 215 g/mol. The molecule has 0 aliphatic carbocycles. The van der Waals surface area contributed by atoms with Gasteiger partial charge in [-0.25, -0.2) is 0 Å². The molecule has 0 saturated heterocycles. The maximum absolute atomic E-state index is 11.4. The van der Waals surface area contributed by atoms with Gasteiger partial charge in [-0.3, -0.25) is 9.59 Å². The lowest BCUT2D eigenvalue weighted by Crippen LogP contribution is -2.40. The van der Waals surface area contributed by atoms with Gasteiger partial charge < -0.3 is 16.0 Å². The van der Waals surface area contributed by atoms with Crippen LogP contribution in [0.15, 0.2) is 0 Å². The molecule has 88 valence electrons. The number of nitrogens with two attached hydrogens (primary N) is 1. The van der Waals surface area contributed by atoms with Gasteiger partial charge in [-0.05, 0) is 19.9 Å². The number of hydrogen-bond acceptors (Lipinski definition) is 3. The first-order valence-corrected chi connectivity index (χ1v) is 5.24. The highest BCUT2D eigenvalue weighted by molar-refractivity contribution is 5.85. The molecule has 0 rings (SSSR count). The Labute approximate surface area is 91.0 Å². The van der Waals surface area contributed by atoms with Crippen LogP contribution in [-0.2, 0) is 9.59 Å². The Morgan fingerprint density at radius 2 is 2.07 bits per heavy atom. The summed E-state index contributed by atoms with van der Waals surface area (Å²) < 4.78 is 0. The lowest BCUT2D eigenvalue weighted by molar-refractivity contribution is -0.132. The van der Waals surface area contributed by atoms with Crippen LogP contribution in [0.4, 0.5) is 0 Å². The van der Waals surface area contributed by atoms with Gasteiger partial charge >= 0.3 is 0 Å². The third kappa shape index (κ3) is 5.37. The summed E-state index contributed by atoms with van der Waals surface area (Å²) in [6.45, 7) is 4.88. The minimum atomic E-state index is -0.130. The molecule has 0 aromatic heterocycles. The first-order valence-electron chi connectivity index (χ1n) is 5.24. The largest absolute Gasteiger partial charge is 0.347 e. The van der Waals surface area contributed by atoms with E-state index >= 15 is 0 Å². The highest BCUT2D eigenvalue weighted by Crippen LogP contribution is 1.99. The SMILES string of the molecule is CCN(C)C(=O)CNC(=O)C(C)CCN. The summed E-state index contributed by atoms with van der Waals surface area (Å²) in [5.41, 5.74) is 5.34. The van der Waals surface area contributed by atoms with E-state index in [9.17, 15) is 9.59 Å². The van der Waals surface area contributed by atoms with E-state index < -0.39 is 0 Å². The summed E-state index contributed by atoms with van der Waals surface area (Å²) in [5.74, 6) is -0.321. The first kappa shape index (κ1) is 13.9. The summed E-state index contributed by atoms with van der Waals surface area (Å²) in [6.07, 6.45) is 0.643. The average Bonchev–Trinajstić information content (AvgIpc) is 2.24. The fourth-order valence-electron chi connectivity index (χ4n) is 1.03. The van der Waals surface area contributed by atoms with E-state index in [1.165, 1.54) is 0 Å². The maximum atomic E-state index is 11.4. The number of amides is 2. The molecule has 0 bridgehead atoms. The van der Waals surface area contributed by atoms with E-state index in [0.717, 1.165) is 0 Å². The number of nitrogens with zero attached hydrogens (tertiary/aromatic N) is 1. The lowest BCUT2D eigenvalue weighted by Gasteiger charge is -2.16. The molecule has 0 aliphatic rings. The van der Waals surface area contributed by atoms with E-state index in [2.05, 4.69) is 5.32 Å². The van der Waals surface area contributed by atoms with Gasteiger partial charge in [0.15, 0.2) is 0 Å². The van der Waals surface area contributed by atoms with Crippen LogP contribution in [0.1, 0.15) is 20.3 Å². The zero-order valence-electron chi connectivity index (χ0n) is 9.75. The minimum absolute atomic E-state index is 0.0675. The molecule has 0 fully saturated rings. The standard InChI is InChI=1S/C10H21N3O2/c1-4-13(3)9(14)7-12-10(15)8(2)5-6-11/h8H,4-7,11H2,1-3H3,(H,12,15). The Hall–Kier alpha value is -1.10. The molecule has 3 N–H and O–H groups in total. The number of hydrogen-bond donors (Lipinski definition) is 2. The van der Waals surface area contributed by atoms with Crippen molar-refractivity contribution >= 4 is 11.8 Å². The molecule has 0 aromatic carbocycles. The molecule has 5 nitrogen and oxygen atoms in total. The highest BCUT2D eigenvalue weighted by atomic mass is 16.2. The molecule has 0 spiro atoms. The van der Waals surface area contributed by atoms with Crippen molar-refractivity contribution in [1.82, 2.24) is 10.2 Å². The molecule has 1 atom stereocenters. The van der Waals surface area contributed by atoms with Crippen molar-refractivity contribution in [3.8, 4) is 0 Å². The number of likely N-dealkylation sites (N-methyl/N-ethyl adjacent to an activating group) is 1.